The molecule has 34 heavy (non-hydrogen) atoms. The van der Waals surface area contributed by atoms with E-state index in [1.807, 2.05) is 24.3 Å². The molecule has 0 aliphatic carbocycles. The van der Waals surface area contributed by atoms with Crippen molar-refractivity contribution in [2.24, 2.45) is 0 Å². The second-order valence-electron chi connectivity index (χ2n) is 8.24. The van der Waals surface area contributed by atoms with Gasteiger partial charge in [0.2, 0.25) is 0 Å². The third kappa shape index (κ3) is 2.85. The molecule has 0 unspecified atom stereocenters. The molecular weight excluding hydrogens is 468 g/mol. The number of fused-ring (bicyclic) bond motifs is 5. The van der Waals surface area contributed by atoms with Crippen molar-refractivity contribution in [3.63, 3.8) is 0 Å². The van der Waals surface area contributed by atoms with E-state index in [9.17, 15) is 16.8 Å². The van der Waals surface area contributed by atoms with Crippen molar-refractivity contribution in [3.05, 3.63) is 120 Å². The number of hydrogen-bond donors (Lipinski definition) is 0. The van der Waals surface area contributed by atoms with E-state index in [4.69, 9.17) is 0 Å². The van der Waals surface area contributed by atoms with Crippen LogP contribution in [0.25, 0.3) is 0 Å². The van der Waals surface area contributed by atoms with Crippen molar-refractivity contribution in [1.82, 2.24) is 0 Å². The fraction of sp³-hybridized carbons (Fsp3) is 0.0769. The highest BCUT2D eigenvalue weighted by Gasteiger charge is 2.56. The lowest BCUT2D eigenvalue weighted by atomic mass is 10.0. The van der Waals surface area contributed by atoms with Crippen LogP contribution in [-0.4, -0.2) is 16.8 Å². The molecule has 0 aromatic heterocycles. The fourth-order valence-electron chi connectivity index (χ4n) is 5.00. The van der Waals surface area contributed by atoms with E-state index in [2.05, 4.69) is 0 Å². The molecule has 0 fully saturated rings. The number of nitrogens with zero attached hydrogens (tertiary/aromatic N) is 2. The van der Waals surface area contributed by atoms with Crippen LogP contribution in [0.1, 0.15) is 23.2 Å². The van der Waals surface area contributed by atoms with Crippen LogP contribution < -0.4 is 8.61 Å². The van der Waals surface area contributed by atoms with Crippen LogP contribution in [0.3, 0.4) is 0 Å². The number of sulfonamides is 2. The standard InChI is InChI=1S/C26H20N2O4S2/c29-33(30,19-11-3-1-4-12-19)27-23-17-9-7-15-21(23)26-25(27)22-16-8-10-18-24(22)28(26)34(31,32)20-13-5-2-6-14-20/h1-18,25-26H/t25-,26-/m0/s1. The Bertz CT molecular complexity index is 1480. The maximum absolute atomic E-state index is 13.9. The zero-order chi connectivity index (χ0) is 23.5. The maximum Gasteiger partial charge on any atom is 0.264 e. The second kappa shape index (κ2) is 7.44. The zero-order valence-corrected chi connectivity index (χ0v) is 19.5. The monoisotopic (exact) mass is 488 g/mol. The van der Waals surface area contributed by atoms with Crippen molar-refractivity contribution >= 4 is 31.4 Å². The number of benzene rings is 4. The molecule has 2 atom stereocenters. The van der Waals surface area contributed by atoms with Gasteiger partial charge in [0.05, 0.1) is 33.2 Å². The fourth-order valence-corrected chi connectivity index (χ4v) is 8.36. The summed E-state index contributed by atoms with van der Waals surface area (Å²) in [6.45, 7) is 0. The van der Waals surface area contributed by atoms with E-state index in [-0.39, 0.29) is 9.79 Å². The molecule has 4 aromatic carbocycles. The quantitative estimate of drug-likeness (QED) is 0.410. The lowest BCUT2D eigenvalue weighted by Crippen LogP contribution is -2.36. The first-order valence-corrected chi connectivity index (χ1v) is 13.7. The summed E-state index contributed by atoms with van der Waals surface area (Å²) >= 11 is 0. The van der Waals surface area contributed by atoms with Crippen LogP contribution >= 0.6 is 0 Å². The van der Waals surface area contributed by atoms with Gasteiger partial charge in [-0.1, -0.05) is 72.8 Å². The van der Waals surface area contributed by atoms with Gasteiger partial charge < -0.3 is 0 Å². The summed E-state index contributed by atoms with van der Waals surface area (Å²) in [7, 11) is -7.94. The van der Waals surface area contributed by atoms with Crippen LogP contribution in [0.5, 0.6) is 0 Å². The molecule has 2 heterocycles. The van der Waals surface area contributed by atoms with Crippen LogP contribution in [-0.2, 0) is 20.0 Å². The summed E-state index contributed by atoms with van der Waals surface area (Å²) in [5, 5.41) is 0. The molecule has 170 valence electrons. The molecule has 2 aliphatic rings. The first-order valence-electron chi connectivity index (χ1n) is 10.8. The average molecular weight is 489 g/mol. The van der Waals surface area contributed by atoms with Crippen LogP contribution in [0.2, 0.25) is 0 Å². The first-order chi connectivity index (χ1) is 16.4. The van der Waals surface area contributed by atoms with E-state index in [0.29, 0.717) is 22.5 Å². The van der Waals surface area contributed by atoms with E-state index in [1.54, 1.807) is 84.9 Å². The minimum absolute atomic E-state index is 0.160. The number of rotatable bonds is 4. The molecule has 4 aromatic rings. The molecule has 6 nitrogen and oxygen atoms in total. The van der Waals surface area contributed by atoms with Gasteiger partial charge >= 0.3 is 0 Å². The second-order valence-corrected chi connectivity index (χ2v) is 11.9. The van der Waals surface area contributed by atoms with Crippen molar-refractivity contribution in [3.8, 4) is 0 Å². The molecule has 0 N–H and O–H groups in total. The van der Waals surface area contributed by atoms with Gasteiger partial charge in [0, 0.05) is 11.1 Å². The van der Waals surface area contributed by atoms with E-state index in [0.717, 1.165) is 0 Å². The van der Waals surface area contributed by atoms with Crippen molar-refractivity contribution in [1.29, 1.82) is 0 Å². The van der Waals surface area contributed by atoms with Gasteiger partial charge in [-0.15, -0.1) is 0 Å². The van der Waals surface area contributed by atoms with Crippen LogP contribution in [0.4, 0.5) is 11.4 Å². The Balaban J connectivity index is 1.62. The van der Waals surface area contributed by atoms with Gasteiger partial charge in [0.25, 0.3) is 20.0 Å². The predicted molar refractivity (Wildman–Crippen MR) is 131 cm³/mol. The van der Waals surface area contributed by atoms with Crippen molar-refractivity contribution < 1.29 is 16.8 Å². The third-order valence-electron chi connectivity index (χ3n) is 6.39. The zero-order valence-electron chi connectivity index (χ0n) is 17.9. The molecule has 0 saturated carbocycles. The lowest BCUT2D eigenvalue weighted by molar-refractivity contribution is 0.559. The van der Waals surface area contributed by atoms with Crippen molar-refractivity contribution in [2.75, 3.05) is 8.61 Å². The van der Waals surface area contributed by atoms with E-state index < -0.39 is 32.1 Å². The highest BCUT2D eigenvalue weighted by molar-refractivity contribution is 7.93. The van der Waals surface area contributed by atoms with Gasteiger partial charge in [-0.05, 0) is 36.4 Å². The van der Waals surface area contributed by atoms with E-state index >= 15 is 0 Å². The highest BCUT2D eigenvalue weighted by Crippen LogP contribution is 2.60. The Morgan fingerprint density at radius 1 is 0.441 bits per heavy atom. The summed E-state index contributed by atoms with van der Waals surface area (Å²) in [5.74, 6) is 0. The van der Waals surface area contributed by atoms with Gasteiger partial charge in [-0.25, -0.2) is 16.8 Å². The first kappa shape index (κ1) is 20.9. The van der Waals surface area contributed by atoms with Crippen LogP contribution in [0.15, 0.2) is 119 Å². The Hall–Kier alpha value is -3.62. The summed E-state index contributed by atoms with van der Waals surface area (Å²) in [5.41, 5.74) is 2.29. The number of para-hydroxylation sites is 2. The topological polar surface area (TPSA) is 74.8 Å². The molecule has 0 amide bonds. The normalized spacial score (nSPS) is 18.9. The Kier molecular flexibility index (Phi) is 4.59. The minimum Gasteiger partial charge on any atom is -0.256 e. The molecule has 2 aliphatic heterocycles. The average Bonchev–Trinajstić information content (AvgIpc) is 3.38. The highest BCUT2D eigenvalue weighted by atomic mass is 32.2. The van der Waals surface area contributed by atoms with Crippen molar-refractivity contribution in [2.45, 2.75) is 21.9 Å². The largest absolute Gasteiger partial charge is 0.264 e. The Labute approximate surface area is 198 Å². The van der Waals surface area contributed by atoms with Gasteiger partial charge in [0.1, 0.15) is 0 Å². The van der Waals surface area contributed by atoms with Gasteiger partial charge in [-0.2, -0.15) is 0 Å². The molecule has 0 bridgehead atoms. The summed E-state index contributed by atoms with van der Waals surface area (Å²) < 4.78 is 58.5. The minimum atomic E-state index is -3.97. The molecule has 0 spiro atoms. The molecule has 8 heteroatoms. The smallest absolute Gasteiger partial charge is 0.256 e. The summed E-state index contributed by atoms with van der Waals surface area (Å²) in [4.78, 5) is 0.319. The predicted octanol–water partition coefficient (Wildman–Crippen LogP) is 4.89. The lowest BCUT2D eigenvalue weighted by Gasteiger charge is -2.28. The number of hydrogen-bond acceptors (Lipinski definition) is 4. The Morgan fingerprint density at radius 3 is 1.15 bits per heavy atom. The third-order valence-corrected chi connectivity index (χ3v) is 10.0. The summed E-state index contributed by atoms with van der Waals surface area (Å²) in [6.07, 6.45) is 0. The molecule has 6 rings (SSSR count). The molecule has 0 saturated heterocycles. The molecule has 0 radical (unpaired) electrons. The molecular formula is C26H20N2O4S2. The SMILES string of the molecule is O=S(=O)(c1ccccc1)N1c2ccccc2[C@H]2[C@@H]1c1ccccc1N2S(=O)(=O)c1ccccc1. The Morgan fingerprint density at radius 2 is 0.765 bits per heavy atom. The van der Waals surface area contributed by atoms with Crippen LogP contribution in [0, 0.1) is 0 Å². The van der Waals surface area contributed by atoms with Gasteiger partial charge in [-0.3, -0.25) is 8.61 Å². The van der Waals surface area contributed by atoms with E-state index in [1.165, 1.54) is 8.61 Å². The number of anilines is 2. The maximum atomic E-state index is 13.9. The van der Waals surface area contributed by atoms with Gasteiger partial charge in [0.15, 0.2) is 0 Å². The summed E-state index contributed by atoms with van der Waals surface area (Å²) in [6, 6.07) is 29.3.